The van der Waals surface area contributed by atoms with Crippen LogP contribution in [0.15, 0.2) is 42.6 Å². The van der Waals surface area contributed by atoms with E-state index in [9.17, 15) is 9.59 Å². The number of carbonyl (C=O) groups excluding carboxylic acids is 2. The first-order valence-corrected chi connectivity index (χ1v) is 8.58. The number of amides is 1. The van der Waals surface area contributed by atoms with Crippen LogP contribution in [0.5, 0.6) is 0 Å². The fraction of sp³-hybridized carbons (Fsp3) is 0.263. The standard InChI is InChI=1S/C19H19N5O2/c1-13-6-7-17(22-21-13)23-8-10-24(11-9-23)19(26)18(25)15-12-20-16-5-3-2-4-14(15)16/h2-7,12,20H,8-11H2,1H3. The van der Waals surface area contributed by atoms with Crippen LogP contribution in [0.4, 0.5) is 5.82 Å². The predicted octanol–water partition coefficient (Wildman–Crippen LogP) is 1.80. The Balaban J connectivity index is 1.45. The van der Waals surface area contributed by atoms with Crippen molar-refractivity contribution in [3.8, 4) is 0 Å². The number of aromatic nitrogens is 3. The summed E-state index contributed by atoms with van der Waals surface area (Å²) in [5.41, 5.74) is 2.15. The summed E-state index contributed by atoms with van der Waals surface area (Å²) in [5.74, 6) is -0.124. The van der Waals surface area contributed by atoms with Gasteiger partial charge in [0, 0.05) is 43.3 Å². The molecule has 7 nitrogen and oxygen atoms in total. The van der Waals surface area contributed by atoms with E-state index in [4.69, 9.17) is 0 Å². The second-order valence-electron chi connectivity index (χ2n) is 6.39. The topological polar surface area (TPSA) is 82.2 Å². The van der Waals surface area contributed by atoms with Crippen molar-refractivity contribution in [1.29, 1.82) is 0 Å². The maximum Gasteiger partial charge on any atom is 0.295 e. The number of benzene rings is 1. The highest BCUT2D eigenvalue weighted by molar-refractivity contribution is 6.44. The molecule has 1 saturated heterocycles. The Morgan fingerprint density at radius 1 is 1.00 bits per heavy atom. The van der Waals surface area contributed by atoms with Gasteiger partial charge in [0.2, 0.25) is 0 Å². The van der Waals surface area contributed by atoms with Crippen LogP contribution in [-0.2, 0) is 4.79 Å². The molecular weight excluding hydrogens is 330 g/mol. The second kappa shape index (κ2) is 6.59. The van der Waals surface area contributed by atoms with Crippen LogP contribution in [-0.4, -0.2) is 58.0 Å². The maximum atomic E-state index is 12.7. The first kappa shape index (κ1) is 16.3. The summed E-state index contributed by atoms with van der Waals surface area (Å²) in [6, 6.07) is 11.3. The van der Waals surface area contributed by atoms with Gasteiger partial charge in [0.05, 0.1) is 11.3 Å². The van der Waals surface area contributed by atoms with E-state index in [2.05, 4.69) is 20.1 Å². The normalized spacial score (nSPS) is 14.7. The molecule has 132 valence electrons. The van der Waals surface area contributed by atoms with Crippen LogP contribution in [0.2, 0.25) is 0 Å². The summed E-state index contributed by atoms with van der Waals surface area (Å²) >= 11 is 0. The summed E-state index contributed by atoms with van der Waals surface area (Å²) in [7, 11) is 0. The van der Waals surface area contributed by atoms with E-state index >= 15 is 0 Å². The number of piperazine rings is 1. The van der Waals surface area contributed by atoms with Crippen LogP contribution in [0.3, 0.4) is 0 Å². The Labute approximate surface area is 150 Å². The second-order valence-corrected chi connectivity index (χ2v) is 6.39. The number of aromatic amines is 1. The van der Waals surface area contributed by atoms with Gasteiger partial charge in [-0.2, -0.15) is 5.10 Å². The van der Waals surface area contributed by atoms with Crippen molar-refractivity contribution in [2.75, 3.05) is 31.1 Å². The molecule has 0 unspecified atom stereocenters. The number of ketones is 1. The van der Waals surface area contributed by atoms with Gasteiger partial charge in [0.25, 0.3) is 11.7 Å². The highest BCUT2D eigenvalue weighted by Crippen LogP contribution is 2.20. The average Bonchev–Trinajstić information content (AvgIpc) is 3.12. The molecule has 26 heavy (non-hydrogen) atoms. The lowest BCUT2D eigenvalue weighted by molar-refractivity contribution is -0.126. The van der Waals surface area contributed by atoms with Crippen molar-refractivity contribution in [3.05, 3.63) is 53.9 Å². The van der Waals surface area contributed by atoms with E-state index in [0.717, 1.165) is 22.4 Å². The van der Waals surface area contributed by atoms with Gasteiger partial charge < -0.3 is 14.8 Å². The molecule has 0 spiro atoms. The van der Waals surface area contributed by atoms with Gasteiger partial charge in [-0.25, -0.2) is 0 Å². The largest absolute Gasteiger partial charge is 0.360 e. The number of Topliss-reactive ketones (excluding diaryl/α,β-unsaturated/α-hetero) is 1. The number of H-pyrrole nitrogens is 1. The number of aryl methyl sites for hydroxylation is 1. The van der Waals surface area contributed by atoms with Gasteiger partial charge in [-0.1, -0.05) is 18.2 Å². The molecule has 1 aliphatic rings. The fourth-order valence-electron chi connectivity index (χ4n) is 3.22. The molecule has 0 radical (unpaired) electrons. The third-order valence-electron chi connectivity index (χ3n) is 4.70. The third-order valence-corrected chi connectivity index (χ3v) is 4.70. The third kappa shape index (κ3) is 2.92. The summed E-state index contributed by atoms with van der Waals surface area (Å²) in [6.07, 6.45) is 1.61. The number of rotatable bonds is 3. The van der Waals surface area contributed by atoms with E-state index < -0.39 is 11.7 Å². The highest BCUT2D eigenvalue weighted by atomic mass is 16.2. The molecule has 1 N–H and O–H groups in total. The zero-order chi connectivity index (χ0) is 18.1. The zero-order valence-electron chi connectivity index (χ0n) is 14.5. The first-order valence-electron chi connectivity index (χ1n) is 8.58. The van der Waals surface area contributed by atoms with Gasteiger partial charge >= 0.3 is 0 Å². The van der Waals surface area contributed by atoms with E-state index in [1.165, 1.54) is 0 Å². The van der Waals surface area contributed by atoms with Crippen LogP contribution < -0.4 is 4.90 Å². The molecule has 3 heterocycles. The van der Waals surface area contributed by atoms with Crippen LogP contribution in [0.25, 0.3) is 10.9 Å². The lowest BCUT2D eigenvalue weighted by Crippen LogP contribution is -2.50. The SMILES string of the molecule is Cc1ccc(N2CCN(C(=O)C(=O)c3c[nH]c4ccccc34)CC2)nn1. The van der Waals surface area contributed by atoms with Gasteiger partial charge in [-0.15, -0.1) is 5.10 Å². The van der Waals surface area contributed by atoms with Gasteiger partial charge in [0.1, 0.15) is 0 Å². The maximum absolute atomic E-state index is 12.7. The molecule has 7 heteroatoms. The number of hydrogen-bond donors (Lipinski definition) is 1. The van der Waals surface area contributed by atoms with Crippen molar-refractivity contribution in [3.63, 3.8) is 0 Å². The van der Waals surface area contributed by atoms with E-state index in [-0.39, 0.29) is 0 Å². The Kier molecular flexibility index (Phi) is 4.12. The van der Waals surface area contributed by atoms with Crippen LogP contribution in [0.1, 0.15) is 16.1 Å². The van der Waals surface area contributed by atoms with Gasteiger partial charge in [-0.05, 0) is 25.1 Å². The summed E-state index contributed by atoms with van der Waals surface area (Å²) in [5, 5.41) is 9.03. The van der Waals surface area contributed by atoms with E-state index in [1.807, 2.05) is 43.3 Å². The highest BCUT2D eigenvalue weighted by Gasteiger charge is 2.28. The molecular formula is C19H19N5O2. The van der Waals surface area contributed by atoms with Crippen LogP contribution in [0, 0.1) is 6.92 Å². The number of para-hydroxylation sites is 1. The number of nitrogens with zero attached hydrogens (tertiary/aromatic N) is 4. The molecule has 1 aromatic carbocycles. The summed E-state index contributed by atoms with van der Waals surface area (Å²) in [4.78, 5) is 32.0. The molecule has 0 atom stereocenters. The van der Waals surface area contributed by atoms with Crippen molar-refractivity contribution in [2.45, 2.75) is 6.92 Å². The van der Waals surface area contributed by atoms with Crippen LogP contribution >= 0.6 is 0 Å². The monoisotopic (exact) mass is 349 g/mol. The molecule has 0 saturated carbocycles. The first-order chi connectivity index (χ1) is 12.6. The number of carbonyl (C=O) groups is 2. The van der Waals surface area contributed by atoms with E-state index in [1.54, 1.807) is 11.1 Å². The van der Waals surface area contributed by atoms with Crippen molar-refractivity contribution >= 4 is 28.4 Å². The Bertz CT molecular complexity index is 955. The number of hydrogen-bond acceptors (Lipinski definition) is 5. The molecule has 1 amide bonds. The summed E-state index contributed by atoms with van der Waals surface area (Å²) in [6.45, 7) is 4.13. The number of nitrogens with one attached hydrogen (secondary N) is 1. The molecule has 1 aliphatic heterocycles. The lowest BCUT2D eigenvalue weighted by Gasteiger charge is -2.34. The quantitative estimate of drug-likeness (QED) is 0.576. The lowest BCUT2D eigenvalue weighted by atomic mass is 10.1. The molecule has 4 rings (SSSR count). The van der Waals surface area contributed by atoms with Crippen molar-refractivity contribution in [1.82, 2.24) is 20.1 Å². The smallest absolute Gasteiger partial charge is 0.295 e. The zero-order valence-corrected chi connectivity index (χ0v) is 14.5. The predicted molar refractivity (Wildman–Crippen MR) is 98.2 cm³/mol. The summed E-state index contributed by atoms with van der Waals surface area (Å²) < 4.78 is 0. The average molecular weight is 349 g/mol. The molecule has 3 aromatic rings. The Morgan fingerprint density at radius 3 is 2.50 bits per heavy atom. The van der Waals surface area contributed by atoms with Gasteiger partial charge in [0.15, 0.2) is 5.82 Å². The Hall–Kier alpha value is -3.22. The Morgan fingerprint density at radius 2 is 1.77 bits per heavy atom. The number of fused-ring (bicyclic) bond motifs is 1. The minimum Gasteiger partial charge on any atom is -0.360 e. The molecule has 0 aliphatic carbocycles. The fourth-order valence-corrected chi connectivity index (χ4v) is 3.22. The van der Waals surface area contributed by atoms with Gasteiger partial charge in [-0.3, -0.25) is 9.59 Å². The van der Waals surface area contributed by atoms with Crippen molar-refractivity contribution < 1.29 is 9.59 Å². The minimum atomic E-state index is -0.467. The molecule has 2 aromatic heterocycles. The molecule has 1 fully saturated rings. The number of anilines is 1. The van der Waals surface area contributed by atoms with E-state index in [0.29, 0.717) is 31.7 Å². The van der Waals surface area contributed by atoms with Crippen molar-refractivity contribution in [2.24, 2.45) is 0 Å². The minimum absolute atomic E-state index is 0.428. The molecule has 0 bridgehead atoms.